The van der Waals surface area contributed by atoms with Crippen molar-refractivity contribution < 1.29 is 17.9 Å². The fraction of sp³-hybridized carbons (Fsp3) is 0.600. The van der Waals surface area contributed by atoms with Crippen LogP contribution in [0.3, 0.4) is 0 Å². The molecule has 22 heavy (non-hydrogen) atoms. The van der Waals surface area contributed by atoms with Gasteiger partial charge in [0.1, 0.15) is 5.75 Å². The summed E-state index contributed by atoms with van der Waals surface area (Å²) in [5, 5.41) is 3.31. The number of hydrogen-bond acceptors (Lipinski definition) is 3. The van der Waals surface area contributed by atoms with E-state index in [1.165, 1.54) is 12.1 Å². The molecule has 1 heterocycles. The van der Waals surface area contributed by atoms with Crippen molar-refractivity contribution in [3.63, 3.8) is 0 Å². The molecular formula is C15H22ClF3N2O. The SMILES string of the molecule is CCC[C@H](c1ccc(OC(F)(F)F)cc1)N1CCNCC1.Cl. The van der Waals surface area contributed by atoms with Gasteiger partial charge in [-0.25, -0.2) is 0 Å². The van der Waals surface area contributed by atoms with Crippen LogP contribution in [0.1, 0.15) is 31.4 Å². The molecule has 0 saturated carbocycles. The summed E-state index contributed by atoms with van der Waals surface area (Å²) >= 11 is 0. The van der Waals surface area contributed by atoms with Gasteiger partial charge >= 0.3 is 6.36 Å². The summed E-state index contributed by atoms with van der Waals surface area (Å²) in [5.41, 5.74) is 1.05. The Hall–Kier alpha value is -0.980. The summed E-state index contributed by atoms with van der Waals surface area (Å²) in [6, 6.07) is 6.53. The topological polar surface area (TPSA) is 24.5 Å². The first-order valence-corrected chi connectivity index (χ1v) is 7.30. The van der Waals surface area contributed by atoms with Crippen LogP contribution in [0, 0.1) is 0 Å². The fourth-order valence-electron chi connectivity index (χ4n) is 2.72. The Morgan fingerprint density at radius 2 is 1.77 bits per heavy atom. The molecule has 1 atom stereocenters. The average Bonchev–Trinajstić information content (AvgIpc) is 2.45. The molecule has 7 heteroatoms. The molecule has 0 radical (unpaired) electrons. The molecule has 0 bridgehead atoms. The van der Waals surface area contributed by atoms with Crippen molar-refractivity contribution >= 4 is 12.4 Å². The molecule has 1 aromatic rings. The number of benzene rings is 1. The third-order valence-corrected chi connectivity index (χ3v) is 3.65. The van der Waals surface area contributed by atoms with Gasteiger partial charge in [0.2, 0.25) is 0 Å². The van der Waals surface area contributed by atoms with E-state index < -0.39 is 6.36 Å². The zero-order valence-electron chi connectivity index (χ0n) is 12.5. The van der Waals surface area contributed by atoms with E-state index in [2.05, 4.69) is 21.9 Å². The Balaban J connectivity index is 0.00000242. The predicted molar refractivity (Wildman–Crippen MR) is 82.5 cm³/mol. The Morgan fingerprint density at radius 3 is 2.27 bits per heavy atom. The van der Waals surface area contributed by atoms with Crippen molar-refractivity contribution in [3.8, 4) is 5.75 Å². The molecule has 0 unspecified atom stereocenters. The van der Waals surface area contributed by atoms with E-state index >= 15 is 0 Å². The molecule has 1 aromatic carbocycles. The first-order valence-electron chi connectivity index (χ1n) is 7.30. The lowest BCUT2D eigenvalue weighted by atomic mass is 10.00. The number of nitrogens with one attached hydrogen (secondary N) is 1. The van der Waals surface area contributed by atoms with Crippen LogP contribution in [0.4, 0.5) is 13.2 Å². The van der Waals surface area contributed by atoms with Crippen LogP contribution >= 0.6 is 12.4 Å². The number of hydrogen-bond donors (Lipinski definition) is 1. The van der Waals surface area contributed by atoms with Crippen LogP contribution in [0.2, 0.25) is 0 Å². The van der Waals surface area contributed by atoms with Gasteiger partial charge in [0.05, 0.1) is 0 Å². The standard InChI is InChI=1S/C15H21F3N2O.ClH/c1-2-3-14(20-10-8-19-9-11-20)12-4-6-13(7-5-12)21-15(16,17)18;/h4-7,14,19H,2-3,8-11H2,1H3;1H/t14-;/m1./s1. The van der Waals surface area contributed by atoms with Gasteiger partial charge in [0.15, 0.2) is 0 Å². The quantitative estimate of drug-likeness (QED) is 0.885. The summed E-state index contributed by atoms with van der Waals surface area (Å²) in [6.45, 7) is 5.96. The molecule has 0 amide bonds. The minimum Gasteiger partial charge on any atom is -0.406 e. The summed E-state index contributed by atoms with van der Waals surface area (Å²) < 4.78 is 40.4. The highest BCUT2D eigenvalue weighted by atomic mass is 35.5. The average molecular weight is 339 g/mol. The molecule has 2 rings (SSSR count). The summed E-state index contributed by atoms with van der Waals surface area (Å²) in [4.78, 5) is 2.39. The maximum Gasteiger partial charge on any atom is 0.573 e. The normalized spacial score (nSPS) is 17.6. The largest absolute Gasteiger partial charge is 0.573 e. The first kappa shape index (κ1) is 19.1. The molecule has 126 valence electrons. The molecule has 0 aliphatic carbocycles. The molecule has 0 aromatic heterocycles. The molecule has 1 fully saturated rings. The van der Waals surface area contributed by atoms with Crippen LogP contribution < -0.4 is 10.1 Å². The number of alkyl halides is 3. The van der Waals surface area contributed by atoms with Crippen molar-refractivity contribution in [2.24, 2.45) is 0 Å². The smallest absolute Gasteiger partial charge is 0.406 e. The second kappa shape index (κ2) is 8.60. The molecule has 1 N–H and O–H groups in total. The highest BCUT2D eigenvalue weighted by molar-refractivity contribution is 5.85. The second-order valence-corrected chi connectivity index (χ2v) is 5.21. The number of halogens is 4. The summed E-state index contributed by atoms with van der Waals surface area (Å²) in [7, 11) is 0. The van der Waals surface area contributed by atoms with Gasteiger partial charge in [0.25, 0.3) is 0 Å². The fourth-order valence-corrected chi connectivity index (χ4v) is 2.72. The van der Waals surface area contributed by atoms with Gasteiger partial charge in [0, 0.05) is 32.2 Å². The summed E-state index contributed by atoms with van der Waals surface area (Å²) in [6.07, 6.45) is -2.60. The van der Waals surface area contributed by atoms with Gasteiger partial charge in [-0.2, -0.15) is 0 Å². The number of ether oxygens (including phenoxy) is 1. The third kappa shape index (κ3) is 5.66. The second-order valence-electron chi connectivity index (χ2n) is 5.21. The van der Waals surface area contributed by atoms with E-state index in [0.717, 1.165) is 44.6 Å². The minimum atomic E-state index is -4.64. The van der Waals surface area contributed by atoms with E-state index in [1.54, 1.807) is 12.1 Å². The Morgan fingerprint density at radius 1 is 1.18 bits per heavy atom. The van der Waals surface area contributed by atoms with Crippen LogP contribution in [-0.4, -0.2) is 37.4 Å². The zero-order chi connectivity index (χ0) is 15.3. The molecule has 1 aliphatic heterocycles. The molecule has 1 saturated heterocycles. The molecule has 0 spiro atoms. The number of nitrogens with zero attached hydrogens (tertiary/aromatic N) is 1. The van der Waals surface area contributed by atoms with Crippen molar-refractivity contribution in [2.75, 3.05) is 26.2 Å². The van der Waals surface area contributed by atoms with Gasteiger partial charge in [-0.15, -0.1) is 25.6 Å². The van der Waals surface area contributed by atoms with Crippen LogP contribution in [-0.2, 0) is 0 Å². The van der Waals surface area contributed by atoms with Crippen LogP contribution in [0.25, 0.3) is 0 Å². The molecule has 1 aliphatic rings. The monoisotopic (exact) mass is 338 g/mol. The molecular weight excluding hydrogens is 317 g/mol. The number of piperazine rings is 1. The van der Waals surface area contributed by atoms with Crippen molar-refractivity contribution in [3.05, 3.63) is 29.8 Å². The van der Waals surface area contributed by atoms with Gasteiger partial charge in [-0.1, -0.05) is 25.5 Å². The lowest BCUT2D eigenvalue weighted by Crippen LogP contribution is -2.45. The van der Waals surface area contributed by atoms with Crippen molar-refractivity contribution in [1.82, 2.24) is 10.2 Å². The van der Waals surface area contributed by atoms with E-state index in [1.807, 2.05) is 0 Å². The molecule has 3 nitrogen and oxygen atoms in total. The summed E-state index contributed by atoms with van der Waals surface area (Å²) in [5.74, 6) is -0.165. The van der Waals surface area contributed by atoms with Gasteiger partial charge in [-0.3, -0.25) is 4.90 Å². The van der Waals surface area contributed by atoms with Crippen LogP contribution in [0.5, 0.6) is 5.75 Å². The van der Waals surface area contributed by atoms with Crippen molar-refractivity contribution in [1.29, 1.82) is 0 Å². The number of rotatable bonds is 5. The Bertz CT molecular complexity index is 433. The lowest BCUT2D eigenvalue weighted by Gasteiger charge is -2.35. The Kier molecular flexibility index (Phi) is 7.45. The van der Waals surface area contributed by atoms with Gasteiger partial charge < -0.3 is 10.1 Å². The maximum absolute atomic E-state index is 12.2. The maximum atomic E-state index is 12.2. The Labute approximate surface area is 135 Å². The van der Waals surface area contributed by atoms with Crippen molar-refractivity contribution in [2.45, 2.75) is 32.2 Å². The van der Waals surface area contributed by atoms with E-state index in [4.69, 9.17) is 0 Å². The predicted octanol–water partition coefficient (Wildman–Crippen LogP) is 3.75. The first-order chi connectivity index (χ1) is 9.99. The lowest BCUT2D eigenvalue weighted by molar-refractivity contribution is -0.274. The van der Waals surface area contributed by atoms with Gasteiger partial charge in [-0.05, 0) is 24.1 Å². The third-order valence-electron chi connectivity index (χ3n) is 3.65. The highest BCUT2D eigenvalue weighted by Crippen LogP contribution is 2.29. The highest BCUT2D eigenvalue weighted by Gasteiger charge is 2.31. The zero-order valence-corrected chi connectivity index (χ0v) is 13.3. The van der Waals surface area contributed by atoms with E-state index in [0.29, 0.717) is 0 Å². The van der Waals surface area contributed by atoms with E-state index in [-0.39, 0.29) is 24.2 Å². The van der Waals surface area contributed by atoms with E-state index in [9.17, 15) is 13.2 Å². The minimum absolute atomic E-state index is 0. The van der Waals surface area contributed by atoms with Crippen LogP contribution in [0.15, 0.2) is 24.3 Å².